The van der Waals surface area contributed by atoms with E-state index in [4.69, 9.17) is 6.42 Å². The van der Waals surface area contributed by atoms with E-state index >= 15 is 0 Å². The first-order valence-electron chi connectivity index (χ1n) is 4.85. The number of nitrogens with zero attached hydrogens (tertiary/aromatic N) is 2. The van der Waals surface area contributed by atoms with Crippen molar-refractivity contribution in [2.75, 3.05) is 5.75 Å². The molecular formula is C13H10N2S. The van der Waals surface area contributed by atoms with Gasteiger partial charge in [0.1, 0.15) is 5.03 Å². The van der Waals surface area contributed by atoms with Gasteiger partial charge in [-0.1, -0.05) is 48.0 Å². The summed E-state index contributed by atoms with van der Waals surface area (Å²) in [5, 5.41) is 9.13. The number of aromatic nitrogens is 2. The van der Waals surface area contributed by atoms with Crippen LogP contribution in [0.2, 0.25) is 0 Å². The van der Waals surface area contributed by atoms with E-state index in [0.717, 1.165) is 16.3 Å². The molecule has 0 saturated carbocycles. The number of hydrogen-bond acceptors (Lipinski definition) is 3. The van der Waals surface area contributed by atoms with Gasteiger partial charge in [0.15, 0.2) is 0 Å². The third-order valence-electron chi connectivity index (χ3n) is 2.01. The lowest BCUT2D eigenvalue weighted by Crippen LogP contribution is -1.89. The van der Waals surface area contributed by atoms with E-state index < -0.39 is 0 Å². The summed E-state index contributed by atoms with van der Waals surface area (Å²) in [7, 11) is 0. The Morgan fingerprint density at radius 2 is 1.88 bits per heavy atom. The lowest BCUT2D eigenvalue weighted by atomic mass is 10.1. The largest absolute Gasteiger partial charge is 0.149 e. The molecule has 0 atom stereocenters. The Kier molecular flexibility index (Phi) is 3.58. The van der Waals surface area contributed by atoms with Crippen LogP contribution in [-0.2, 0) is 0 Å². The highest BCUT2D eigenvalue weighted by Gasteiger charge is 2.00. The zero-order valence-electron chi connectivity index (χ0n) is 8.63. The van der Waals surface area contributed by atoms with Gasteiger partial charge in [0.25, 0.3) is 0 Å². The fraction of sp³-hybridized carbons (Fsp3) is 0.0769. The van der Waals surface area contributed by atoms with Crippen LogP contribution in [0.15, 0.2) is 47.5 Å². The lowest BCUT2D eigenvalue weighted by Gasteiger charge is -2.00. The van der Waals surface area contributed by atoms with E-state index in [1.54, 1.807) is 0 Å². The van der Waals surface area contributed by atoms with Gasteiger partial charge in [0.05, 0.1) is 11.4 Å². The minimum absolute atomic E-state index is 0.624. The van der Waals surface area contributed by atoms with Gasteiger partial charge in [0.2, 0.25) is 0 Å². The van der Waals surface area contributed by atoms with E-state index in [9.17, 15) is 0 Å². The van der Waals surface area contributed by atoms with E-state index in [1.165, 1.54) is 11.8 Å². The highest BCUT2D eigenvalue weighted by atomic mass is 32.2. The lowest BCUT2D eigenvalue weighted by molar-refractivity contribution is 0.937. The number of thioether (sulfide) groups is 1. The van der Waals surface area contributed by atoms with Crippen LogP contribution in [0.4, 0.5) is 0 Å². The van der Waals surface area contributed by atoms with Crippen LogP contribution in [0.5, 0.6) is 0 Å². The first-order valence-corrected chi connectivity index (χ1v) is 5.84. The minimum Gasteiger partial charge on any atom is -0.149 e. The molecule has 0 spiro atoms. The second-order valence-electron chi connectivity index (χ2n) is 3.12. The standard InChI is InChI=1S/C13H10N2S/c1-2-10-16-13-9-8-12(14-15-13)11-6-4-3-5-7-11/h1,3-9H,10H2. The molecule has 0 aliphatic rings. The van der Waals surface area contributed by atoms with Gasteiger partial charge >= 0.3 is 0 Å². The van der Waals surface area contributed by atoms with Crippen molar-refractivity contribution in [3.63, 3.8) is 0 Å². The first kappa shape index (κ1) is 10.7. The Hall–Kier alpha value is -1.79. The topological polar surface area (TPSA) is 25.8 Å². The van der Waals surface area contributed by atoms with Crippen molar-refractivity contribution < 1.29 is 0 Å². The van der Waals surface area contributed by atoms with E-state index in [-0.39, 0.29) is 0 Å². The van der Waals surface area contributed by atoms with Gasteiger partial charge in [-0.05, 0) is 12.1 Å². The van der Waals surface area contributed by atoms with E-state index in [1.807, 2.05) is 42.5 Å². The molecule has 16 heavy (non-hydrogen) atoms. The molecule has 0 radical (unpaired) electrons. The molecule has 2 aromatic rings. The van der Waals surface area contributed by atoms with Crippen molar-refractivity contribution in [1.82, 2.24) is 10.2 Å². The molecular weight excluding hydrogens is 216 g/mol. The van der Waals surface area contributed by atoms with Gasteiger partial charge in [-0.25, -0.2) is 0 Å². The van der Waals surface area contributed by atoms with Crippen LogP contribution in [0.25, 0.3) is 11.3 Å². The normalized spacial score (nSPS) is 9.69. The summed E-state index contributed by atoms with van der Waals surface area (Å²) in [5.41, 5.74) is 1.95. The van der Waals surface area contributed by atoms with Crippen molar-refractivity contribution in [3.8, 4) is 23.6 Å². The predicted molar refractivity (Wildman–Crippen MR) is 67.0 cm³/mol. The maximum Gasteiger partial charge on any atom is 0.120 e. The molecule has 3 heteroatoms. The third-order valence-corrected chi connectivity index (χ3v) is 2.84. The van der Waals surface area contributed by atoms with Gasteiger partial charge in [-0.3, -0.25) is 0 Å². The van der Waals surface area contributed by atoms with Crippen molar-refractivity contribution in [1.29, 1.82) is 0 Å². The Balaban J connectivity index is 2.17. The molecule has 0 amide bonds. The molecule has 2 nitrogen and oxygen atoms in total. The van der Waals surface area contributed by atoms with Gasteiger partial charge < -0.3 is 0 Å². The molecule has 2 rings (SSSR count). The zero-order valence-corrected chi connectivity index (χ0v) is 9.45. The number of rotatable bonds is 3. The van der Waals surface area contributed by atoms with Gasteiger partial charge in [-0.2, -0.15) is 0 Å². The first-order chi connectivity index (χ1) is 7.90. The molecule has 1 aromatic carbocycles. The monoisotopic (exact) mass is 226 g/mol. The van der Waals surface area contributed by atoms with E-state index in [0.29, 0.717) is 5.75 Å². The second-order valence-corrected chi connectivity index (χ2v) is 4.11. The summed E-state index contributed by atoms with van der Waals surface area (Å²) < 4.78 is 0. The van der Waals surface area contributed by atoms with E-state index in [2.05, 4.69) is 16.1 Å². The molecule has 78 valence electrons. The van der Waals surface area contributed by atoms with Crippen LogP contribution in [0.1, 0.15) is 0 Å². The molecule has 0 bridgehead atoms. The maximum atomic E-state index is 5.18. The average Bonchev–Trinajstić information content (AvgIpc) is 2.38. The molecule has 0 aliphatic heterocycles. The molecule has 1 aromatic heterocycles. The summed E-state index contributed by atoms with van der Waals surface area (Å²) in [5.74, 6) is 3.18. The summed E-state index contributed by atoms with van der Waals surface area (Å²) in [4.78, 5) is 0. The van der Waals surface area contributed by atoms with Gasteiger partial charge in [0, 0.05) is 5.56 Å². The number of hydrogen-bond donors (Lipinski definition) is 0. The predicted octanol–water partition coefficient (Wildman–Crippen LogP) is 2.87. The smallest absolute Gasteiger partial charge is 0.120 e. The van der Waals surface area contributed by atoms with Crippen molar-refractivity contribution in [2.24, 2.45) is 0 Å². The van der Waals surface area contributed by atoms with Crippen LogP contribution >= 0.6 is 11.8 Å². The Morgan fingerprint density at radius 1 is 1.06 bits per heavy atom. The van der Waals surface area contributed by atoms with Crippen LogP contribution < -0.4 is 0 Å². The fourth-order valence-electron chi connectivity index (χ4n) is 1.28. The summed E-state index contributed by atoms with van der Waals surface area (Å²) in [6.45, 7) is 0. The number of benzene rings is 1. The van der Waals surface area contributed by atoms with Crippen LogP contribution in [0.3, 0.4) is 0 Å². The highest BCUT2D eigenvalue weighted by molar-refractivity contribution is 7.99. The molecule has 1 heterocycles. The van der Waals surface area contributed by atoms with Crippen molar-refractivity contribution in [3.05, 3.63) is 42.5 Å². The maximum absolute atomic E-state index is 5.18. The quantitative estimate of drug-likeness (QED) is 0.594. The van der Waals surface area contributed by atoms with Crippen molar-refractivity contribution in [2.45, 2.75) is 5.03 Å². The summed E-state index contributed by atoms with van der Waals surface area (Å²) in [6, 6.07) is 13.9. The Morgan fingerprint density at radius 3 is 2.50 bits per heavy atom. The van der Waals surface area contributed by atoms with Crippen molar-refractivity contribution >= 4 is 11.8 Å². The second kappa shape index (κ2) is 5.34. The molecule has 0 N–H and O–H groups in total. The van der Waals surface area contributed by atoms with Gasteiger partial charge in [-0.15, -0.1) is 16.6 Å². The Labute approximate surface area is 99.1 Å². The zero-order chi connectivity index (χ0) is 11.2. The molecule has 0 fully saturated rings. The summed E-state index contributed by atoms with van der Waals surface area (Å²) >= 11 is 1.51. The third kappa shape index (κ3) is 2.62. The molecule has 0 saturated heterocycles. The minimum atomic E-state index is 0.624. The fourth-order valence-corrected chi connectivity index (χ4v) is 1.77. The number of terminal acetylenes is 1. The SMILES string of the molecule is C#CCSc1ccc(-c2ccccc2)nn1. The summed E-state index contributed by atoms with van der Waals surface area (Å²) in [6.07, 6.45) is 5.18. The van der Waals surface area contributed by atoms with Crippen LogP contribution in [0, 0.1) is 12.3 Å². The Bertz CT molecular complexity index is 486. The molecule has 0 unspecified atom stereocenters. The molecule has 0 aliphatic carbocycles. The average molecular weight is 226 g/mol. The van der Waals surface area contributed by atoms with Crippen LogP contribution in [-0.4, -0.2) is 16.0 Å². The highest BCUT2D eigenvalue weighted by Crippen LogP contribution is 2.18.